The van der Waals surface area contributed by atoms with Gasteiger partial charge in [-0.05, 0) is 58.2 Å². The van der Waals surface area contributed by atoms with Crippen LogP contribution in [0.2, 0.25) is 0 Å². The van der Waals surface area contributed by atoms with Gasteiger partial charge in [-0.15, -0.1) is 0 Å². The third-order valence-electron chi connectivity index (χ3n) is 4.40. The second kappa shape index (κ2) is 11.4. The smallest absolute Gasteiger partial charge is 0.407 e. The number of benzene rings is 1. The van der Waals surface area contributed by atoms with Crippen molar-refractivity contribution in [2.45, 2.75) is 59.1 Å². The number of nitrogens with one attached hydrogen (secondary N) is 3. The van der Waals surface area contributed by atoms with Crippen LogP contribution in [0.15, 0.2) is 29.3 Å². The van der Waals surface area contributed by atoms with Gasteiger partial charge in [0, 0.05) is 38.3 Å². The molecular weight excluding hydrogens is 382 g/mol. The summed E-state index contributed by atoms with van der Waals surface area (Å²) in [5, 5.41) is 9.23. The van der Waals surface area contributed by atoms with E-state index in [1.807, 2.05) is 56.9 Å². The number of alkyl carbamates (subject to hydrolysis) is 1. The van der Waals surface area contributed by atoms with E-state index in [0.717, 1.165) is 43.1 Å². The Bertz CT molecular complexity index is 725. The van der Waals surface area contributed by atoms with Gasteiger partial charge in [-0.1, -0.05) is 12.1 Å². The largest absolute Gasteiger partial charge is 0.444 e. The number of carbonyl (C=O) groups excluding carboxylic acids is 2. The molecule has 8 heteroatoms. The van der Waals surface area contributed by atoms with Gasteiger partial charge in [0.25, 0.3) is 0 Å². The number of anilines is 1. The van der Waals surface area contributed by atoms with Crippen molar-refractivity contribution in [2.75, 3.05) is 31.1 Å². The highest BCUT2D eigenvalue weighted by Crippen LogP contribution is 2.21. The molecule has 3 N–H and O–H groups in total. The average molecular weight is 418 g/mol. The molecule has 0 aliphatic carbocycles. The molecule has 1 fully saturated rings. The van der Waals surface area contributed by atoms with Crippen LogP contribution in [0, 0.1) is 0 Å². The number of hydrogen-bond acceptors (Lipinski definition) is 4. The van der Waals surface area contributed by atoms with Crippen molar-refractivity contribution in [2.24, 2.45) is 4.99 Å². The summed E-state index contributed by atoms with van der Waals surface area (Å²) in [5.74, 6) is 0.925. The Morgan fingerprint density at radius 1 is 1.13 bits per heavy atom. The van der Waals surface area contributed by atoms with Crippen LogP contribution in [0.4, 0.5) is 10.5 Å². The predicted octanol–water partition coefficient (Wildman–Crippen LogP) is 2.78. The van der Waals surface area contributed by atoms with E-state index < -0.39 is 11.7 Å². The number of carbonyl (C=O) groups is 2. The molecule has 2 amide bonds. The van der Waals surface area contributed by atoms with Crippen molar-refractivity contribution in [1.82, 2.24) is 16.0 Å². The minimum Gasteiger partial charge on any atom is -0.444 e. The number of hydrogen-bond donors (Lipinski definition) is 3. The first kappa shape index (κ1) is 23.5. The van der Waals surface area contributed by atoms with Crippen LogP contribution in [0.5, 0.6) is 0 Å². The maximum atomic E-state index is 11.8. The number of amides is 2. The minimum atomic E-state index is -0.491. The first-order valence-corrected chi connectivity index (χ1v) is 10.7. The molecule has 0 radical (unpaired) electrons. The predicted molar refractivity (Wildman–Crippen MR) is 120 cm³/mol. The van der Waals surface area contributed by atoms with Crippen molar-refractivity contribution < 1.29 is 14.3 Å². The lowest BCUT2D eigenvalue weighted by atomic mass is 10.2. The van der Waals surface area contributed by atoms with E-state index in [1.165, 1.54) is 0 Å². The fourth-order valence-electron chi connectivity index (χ4n) is 3.01. The lowest BCUT2D eigenvalue weighted by Gasteiger charge is -2.19. The van der Waals surface area contributed by atoms with E-state index in [9.17, 15) is 9.59 Å². The van der Waals surface area contributed by atoms with Gasteiger partial charge < -0.3 is 25.6 Å². The van der Waals surface area contributed by atoms with Gasteiger partial charge in [0.1, 0.15) is 5.60 Å². The normalized spacial score (nSPS) is 14.6. The molecule has 0 spiro atoms. The topological polar surface area (TPSA) is 95.1 Å². The highest BCUT2D eigenvalue weighted by Gasteiger charge is 2.21. The Labute approximate surface area is 179 Å². The van der Waals surface area contributed by atoms with Gasteiger partial charge in [-0.25, -0.2) is 9.79 Å². The number of guanidine groups is 1. The van der Waals surface area contributed by atoms with Crippen LogP contribution in [-0.4, -0.2) is 49.7 Å². The maximum Gasteiger partial charge on any atom is 0.407 e. The number of rotatable bonds is 8. The van der Waals surface area contributed by atoms with Crippen LogP contribution in [-0.2, 0) is 16.1 Å². The summed E-state index contributed by atoms with van der Waals surface area (Å²) in [7, 11) is 0. The molecular formula is C22H35N5O3. The van der Waals surface area contributed by atoms with Crippen molar-refractivity contribution in [3.05, 3.63) is 29.8 Å². The van der Waals surface area contributed by atoms with E-state index in [4.69, 9.17) is 4.74 Å². The zero-order valence-corrected chi connectivity index (χ0v) is 18.6. The lowest BCUT2D eigenvalue weighted by Crippen LogP contribution is -2.39. The van der Waals surface area contributed by atoms with Crippen molar-refractivity contribution >= 4 is 23.6 Å². The van der Waals surface area contributed by atoms with E-state index in [1.54, 1.807) is 0 Å². The molecule has 1 aliphatic rings. The molecule has 2 rings (SSSR count). The minimum absolute atomic E-state index is 0.195. The first-order valence-electron chi connectivity index (χ1n) is 10.7. The molecule has 166 valence electrons. The van der Waals surface area contributed by atoms with Gasteiger partial charge >= 0.3 is 6.09 Å². The molecule has 30 heavy (non-hydrogen) atoms. The van der Waals surface area contributed by atoms with Crippen LogP contribution >= 0.6 is 0 Å². The third kappa shape index (κ3) is 8.31. The number of aliphatic imine (C=N–C) groups is 1. The second-order valence-corrected chi connectivity index (χ2v) is 8.22. The summed E-state index contributed by atoms with van der Waals surface area (Å²) in [4.78, 5) is 29.9. The molecule has 1 aromatic carbocycles. The van der Waals surface area contributed by atoms with Crippen LogP contribution in [0.1, 0.15) is 52.5 Å². The highest BCUT2D eigenvalue weighted by molar-refractivity contribution is 5.95. The van der Waals surface area contributed by atoms with Crippen molar-refractivity contribution in [1.29, 1.82) is 0 Å². The van der Waals surface area contributed by atoms with Crippen LogP contribution < -0.4 is 20.9 Å². The molecule has 0 bridgehead atoms. The zero-order valence-electron chi connectivity index (χ0n) is 18.6. The molecule has 8 nitrogen and oxygen atoms in total. The van der Waals surface area contributed by atoms with E-state index >= 15 is 0 Å². The third-order valence-corrected chi connectivity index (χ3v) is 4.40. The van der Waals surface area contributed by atoms with E-state index in [-0.39, 0.29) is 5.91 Å². The fourth-order valence-corrected chi connectivity index (χ4v) is 3.01. The lowest BCUT2D eigenvalue weighted by molar-refractivity contribution is -0.117. The second-order valence-electron chi connectivity index (χ2n) is 8.22. The maximum absolute atomic E-state index is 11.8. The molecule has 1 aromatic rings. The molecule has 1 saturated heterocycles. The monoisotopic (exact) mass is 417 g/mol. The Balaban J connectivity index is 1.76. The first-order chi connectivity index (χ1) is 14.3. The Morgan fingerprint density at radius 2 is 1.83 bits per heavy atom. The number of ether oxygens (including phenoxy) is 1. The summed E-state index contributed by atoms with van der Waals surface area (Å²) in [6.45, 7) is 10.8. The average Bonchev–Trinajstić information content (AvgIpc) is 3.10. The Hall–Kier alpha value is -2.77. The van der Waals surface area contributed by atoms with Crippen molar-refractivity contribution in [3.8, 4) is 0 Å². The van der Waals surface area contributed by atoms with Gasteiger partial charge in [0.2, 0.25) is 5.91 Å². The summed E-state index contributed by atoms with van der Waals surface area (Å²) in [5.41, 5.74) is 1.54. The van der Waals surface area contributed by atoms with Gasteiger partial charge in [0.15, 0.2) is 5.96 Å². The SMILES string of the molecule is CCNC(=NCc1ccc(N2CCCC2=O)cc1)NCCCNC(=O)OC(C)(C)C. The summed E-state index contributed by atoms with van der Waals surface area (Å²) < 4.78 is 5.21. The zero-order chi connectivity index (χ0) is 22.0. The fraction of sp³-hybridized carbons (Fsp3) is 0.591. The van der Waals surface area contributed by atoms with Gasteiger partial charge in [-0.2, -0.15) is 0 Å². The summed E-state index contributed by atoms with van der Waals surface area (Å²) >= 11 is 0. The Morgan fingerprint density at radius 3 is 2.43 bits per heavy atom. The summed E-state index contributed by atoms with van der Waals surface area (Å²) in [6.07, 6.45) is 1.91. The molecule has 0 aromatic heterocycles. The molecule has 0 atom stereocenters. The quantitative estimate of drug-likeness (QED) is 0.343. The molecule has 0 saturated carbocycles. The van der Waals surface area contributed by atoms with Gasteiger partial charge in [0.05, 0.1) is 6.54 Å². The molecule has 1 aliphatic heterocycles. The Kier molecular flexibility index (Phi) is 8.95. The molecule has 1 heterocycles. The van der Waals surface area contributed by atoms with E-state index in [0.29, 0.717) is 26.1 Å². The van der Waals surface area contributed by atoms with Crippen LogP contribution in [0.3, 0.4) is 0 Å². The van der Waals surface area contributed by atoms with Crippen molar-refractivity contribution in [3.63, 3.8) is 0 Å². The van der Waals surface area contributed by atoms with E-state index in [2.05, 4.69) is 20.9 Å². The number of nitrogens with zero attached hydrogens (tertiary/aromatic N) is 2. The highest BCUT2D eigenvalue weighted by atomic mass is 16.6. The standard InChI is InChI=1S/C22H35N5O3/c1-5-23-20(24-13-7-14-25-21(29)30-22(2,3)4)26-16-17-9-11-18(12-10-17)27-15-6-8-19(27)28/h9-12H,5-8,13-16H2,1-4H3,(H,25,29)(H2,23,24,26). The van der Waals surface area contributed by atoms with Crippen LogP contribution in [0.25, 0.3) is 0 Å². The summed E-state index contributed by atoms with van der Waals surface area (Å²) in [6, 6.07) is 7.99. The van der Waals surface area contributed by atoms with Gasteiger partial charge in [-0.3, -0.25) is 4.79 Å². The molecule has 0 unspecified atom stereocenters.